The van der Waals surface area contributed by atoms with Crippen LogP contribution in [0.5, 0.6) is 0 Å². The topological polar surface area (TPSA) is 51.9 Å². The van der Waals surface area contributed by atoms with Gasteiger partial charge in [0.15, 0.2) is 0 Å². The van der Waals surface area contributed by atoms with Crippen molar-refractivity contribution >= 4 is 16.9 Å². The highest BCUT2D eigenvalue weighted by atomic mass is 19.1. The Morgan fingerprint density at radius 1 is 1.00 bits per heavy atom. The molecule has 1 amide bonds. The van der Waals surface area contributed by atoms with E-state index in [2.05, 4.69) is 6.07 Å². The van der Waals surface area contributed by atoms with Crippen LogP contribution in [-0.4, -0.2) is 50.3 Å². The molecule has 0 unspecified atom stereocenters. The minimum Gasteiger partial charge on any atom is -0.464 e. The van der Waals surface area contributed by atoms with Gasteiger partial charge in [-0.15, -0.1) is 0 Å². The summed E-state index contributed by atoms with van der Waals surface area (Å²) < 4.78 is 31.6. The number of nitrogens with zero attached hydrogens (tertiary/aromatic N) is 1. The first-order chi connectivity index (χ1) is 16.1. The summed E-state index contributed by atoms with van der Waals surface area (Å²) in [6.07, 6.45) is 4.14. The number of halogens is 1. The van der Waals surface area contributed by atoms with Crippen LogP contribution in [0.15, 0.2) is 59.2 Å². The summed E-state index contributed by atoms with van der Waals surface area (Å²) in [6.45, 7) is 3.37. The zero-order valence-corrected chi connectivity index (χ0v) is 18.8. The Hall–Kier alpha value is -2.70. The molecule has 2 saturated heterocycles. The quantitative estimate of drug-likeness (QED) is 0.568. The van der Waals surface area contributed by atoms with E-state index in [0.29, 0.717) is 64.3 Å². The van der Waals surface area contributed by atoms with Gasteiger partial charge in [-0.05, 0) is 55.0 Å². The lowest BCUT2D eigenvalue weighted by Gasteiger charge is -2.40. The molecule has 0 spiro atoms. The second kappa shape index (κ2) is 9.65. The number of amides is 1. The van der Waals surface area contributed by atoms with E-state index in [1.54, 1.807) is 18.4 Å². The average Bonchev–Trinajstić information content (AvgIpc) is 3.21. The molecule has 0 radical (unpaired) electrons. The number of fused-ring (bicyclic) bond motifs is 1. The zero-order valence-electron chi connectivity index (χ0n) is 18.8. The molecule has 2 aromatic carbocycles. The highest BCUT2D eigenvalue weighted by Gasteiger charge is 2.43. The molecule has 0 bridgehead atoms. The fraction of sp³-hybridized carbons (Fsp3) is 0.444. The Balaban J connectivity index is 1.37. The number of furan rings is 1. The smallest absolute Gasteiger partial charge is 0.229 e. The predicted molar refractivity (Wildman–Crippen MR) is 123 cm³/mol. The van der Waals surface area contributed by atoms with Gasteiger partial charge < -0.3 is 18.8 Å². The standard InChI is InChI=1S/C27H30FNO4/c28-24-6-2-1-4-22(24)17-27(9-13-31-14-10-27)26(30)29-11-15-32-19-20(18-29)16-21-5-3-7-25-23(21)8-12-33-25/h1-8,12,20H,9-11,13-19H2/t20-/m0/s1. The average molecular weight is 452 g/mol. The number of carbonyl (C=O) groups excluding carboxylic acids is 1. The molecule has 5 nitrogen and oxygen atoms in total. The molecule has 2 fully saturated rings. The third-order valence-electron chi connectivity index (χ3n) is 7.11. The van der Waals surface area contributed by atoms with Crippen LogP contribution in [-0.2, 0) is 27.1 Å². The first kappa shape index (κ1) is 22.1. The molecule has 6 heteroatoms. The lowest BCUT2D eigenvalue weighted by Crippen LogP contribution is -2.50. The fourth-order valence-corrected chi connectivity index (χ4v) is 5.30. The Kier molecular flexibility index (Phi) is 6.47. The number of hydrogen-bond acceptors (Lipinski definition) is 4. The van der Waals surface area contributed by atoms with Crippen LogP contribution in [0.25, 0.3) is 11.0 Å². The van der Waals surface area contributed by atoms with Gasteiger partial charge in [0.25, 0.3) is 0 Å². The Labute approximate surface area is 193 Å². The van der Waals surface area contributed by atoms with Crippen LogP contribution in [0.2, 0.25) is 0 Å². The SMILES string of the molecule is O=C(N1CCOC[C@@H](Cc2cccc3occc23)C1)C1(Cc2ccccc2F)CCOCC1. The molecule has 3 heterocycles. The van der Waals surface area contributed by atoms with Gasteiger partial charge in [0.1, 0.15) is 11.4 Å². The second-order valence-corrected chi connectivity index (χ2v) is 9.31. The molecule has 1 aromatic heterocycles. The molecule has 1 atom stereocenters. The Bertz CT molecular complexity index is 1100. The largest absolute Gasteiger partial charge is 0.464 e. The summed E-state index contributed by atoms with van der Waals surface area (Å²) in [5.41, 5.74) is 2.04. The van der Waals surface area contributed by atoms with Crippen molar-refractivity contribution in [2.45, 2.75) is 25.7 Å². The van der Waals surface area contributed by atoms with Gasteiger partial charge in [-0.25, -0.2) is 4.39 Å². The second-order valence-electron chi connectivity index (χ2n) is 9.31. The van der Waals surface area contributed by atoms with Crippen molar-refractivity contribution in [2.24, 2.45) is 11.3 Å². The molecule has 0 N–H and O–H groups in total. The van der Waals surface area contributed by atoms with E-state index in [9.17, 15) is 9.18 Å². The number of hydrogen-bond donors (Lipinski definition) is 0. The molecule has 0 saturated carbocycles. The summed E-state index contributed by atoms with van der Waals surface area (Å²) in [7, 11) is 0. The highest BCUT2D eigenvalue weighted by molar-refractivity contribution is 5.83. The zero-order chi connectivity index (χ0) is 22.7. The molecule has 0 aliphatic carbocycles. The number of benzene rings is 2. The monoisotopic (exact) mass is 451 g/mol. The maximum absolute atomic E-state index is 14.5. The summed E-state index contributed by atoms with van der Waals surface area (Å²) in [5, 5.41) is 1.11. The molecule has 33 heavy (non-hydrogen) atoms. The Morgan fingerprint density at radius 2 is 1.82 bits per heavy atom. The van der Waals surface area contributed by atoms with E-state index in [-0.39, 0.29) is 17.6 Å². The number of rotatable bonds is 5. The van der Waals surface area contributed by atoms with Crippen LogP contribution in [0.3, 0.4) is 0 Å². The van der Waals surface area contributed by atoms with Gasteiger partial charge in [-0.2, -0.15) is 0 Å². The minimum atomic E-state index is -0.639. The van der Waals surface area contributed by atoms with Crippen LogP contribution in [0, 0.1) is 17.2 Å². The van der Waals surface area contributed by atoms with E-state index in [1.807, 2.05) is 29.2 Å². The van der Waals surface area contributed by atoms with Gasteiger partial charge in [-0.3, -0.25) is 4.79 Å². The first-order valence-corrected chi connectivity index (χ1v) is 11.8. The molecule has 2 aliphatic heterocycles. The van der Waals surface area contributed by atoms with Crippen molar-refractivity contribution in [2.75, 3.05) is 39.5 Å². The number of ether oxygens (including phenoxy) is 2. The van der Waals surface area contributed by atoms with Crippen molar-refractivity contribution in [1.82, 2.24) is 4.90 Å². The van der Waals surface area contributed by atoms with Crippen molar-refractivity contribution < 1.29 is 23.1 Å². The minimum absolute atomic E-state index is 0.103. The summed E-state index contributed by atoms with van der Waals surface area (Å²) >= 11 is 0. The molecular formula is C27H30FNO4. The van der Waals surface area contributed by atoms with Crippen LogP contribution < -0.4 is 0 Å². The predicted octanol–water partition coefficient (Wildman–Crippen LogP) is 4.63. The lowest BCUT2D eigenvalue weighted by atomic mass is 9.73. The van der Waals surface area contributed by atoms with Gasteiger partial charge in [0.2, 0.25) is 5.91 Å². The van der Waals surface area contributed by atoms with Gasteiger partial charge in [-0.1, -0.05) is 30.3 Å². The number of carbonyl (C=O) groups is 1. The van der Waals surface area contributed by atoms with E-state index < -0.39 is 5.41 Å². The summed E-state index contributed by atoms with van der Waals surface area (Å²) in [4.78, 5) is 15.9. The van der Waals surface area contributed by atoms with E-state index in [1.165, 1.54) is 11.6 Å². The fourth-order valence-electron chi connectivity index (χ4n) is 5.30. The molecule has 3 aromatic rings. The molecule has 2 aliphatic rings. The van der Waals surface area contributed by atoms with Gasteiger partial charge in [0, 0.05) is 37.6 Å². The Morgan fingerprint density at radius 3 is 2.67 bits per heavy atom. The first-order valence-electron chi connectivity index (χ1n) is 11.8. The van der Waals surface area contributed by atoms with Crippen molar-refractivity contribution in [3.63, 3.8) is 0 Å². The summed E-state index contributed by atoms with van der Waals surface area (Å²) in [5.74, 6) is 0.0369. The normalized spacial score (nSPS) is 21.1. The van der Waals surface area contributed by atoms with E-state index in [4.69, 9.17) is 13.9 Å². The van der Waals surface area contributed by atoms with E-state index >= 15 is 0 Å². The lowest BCUT2D eigenvalue weighted by molar-refractivity contribution is -0.148. The third-order valence-corrected chi connectivity index (χ3v) is 7.11. The van der Waals surface area contributed by atoms with Crippen molar-refractivity contribution in [1.29, 1.82) is 0 Å². The van der Waals surface area contributed by atoms with Crippen LogP contribution in [0.4, 0.5) is 4.39 Å². The summed E-state index contributed by atoms with van der Waals surface area (Å²) in [6, 6.07) is 14.9. The van der Waals surface area contributed by atoms with Crippen LogP contribution >= 0.6 is 0 Å². The van der Waals surface area contributed by atoms with Crippen molar-refractivity contribution in [3.8, 4) is 0 Å². The maximum atomic E-state index is 14.5. The molecule has 174 valence electrons. The molecular weight excluding hydrogens is 421 g/mol. The molecule has 5 rings (SSSR count). The van der Waals surface area contributed by atoms with Gasteiger partial charge >= 0.3 is 0 Å². The van der Waals surface area contributed by atoms with Gasteiger partial charge in [0.05, 0.1) is 24.9 Å². The third kappa shape index (κ3) is 4.68. The van der Waals surface area contributed by atoms with Crippen LogP contribution in [0.1, 0.15) is 24.0 Å². The van der Waals surface area contributed by atoms with E-state index in [0.717, 1.165) is 17.4 Å². The maximum Gasteiger partial charge on any atom is 0.229 e. The van der Waals surface area contributed by atoms with Crippen molar-refractivity contribution in [3.05, 3.63) is 71.7 Å². The highest BCUT2D eigenvalue weighted by Crippen LogP contribution is 2.38.